The SMILES string of the molecule is CCn1cc(Br)cc1C(=O)NC(C)(C(=O)O)c1ccc(F)cc1. The van der Waals surface area contributed by atoms with Gasteiger partial charge < -0.3 is 15.0 Å². The monoisotopic (exact) mass is 382 g/mol. The molecule has 0 saturated carbocycles. The van der Waals surface area contributed by atoms with E-state index < -0.39 is 23.2 Å². The van der Waals surface area contributed by atoms with Gasteiger partial charge in [-0.2, -0.15) is 0 Å². The highest BCUT2D eigenvalue weighted by molar-refractivity contribution is 9.10. The lowest BCUT2D eigenvalue weighted by Gasteiger charge is -2.27. The summed E-state index contributed by atoms with van der Waals surface area (Å²) >= 11 is 3.29. The fourth-order valence-electron chi connectivity index (χ4n) is 2.25. The van der Waals surface area contributed by atoms with Crippen molar-refractivity contribution < 1.29 is 19.1 Å². The average molecular weight is 383 g/mol. The molecule has 2 aromatic rings. The molecule has 2 N–H and O–H groups in total. The lowest BCUT2D eigenvalue weighted by Crippen LogP contribution is -2.50. The Hall–Kier alpha value is -2.15. The van der Waals surface area contributed by atoms with Gasteiger partial charge >= 0.3 is 5.97 Å². The van der Waals surface area contributed by atoms with E-state index in [1.165, 1.54) is 19.1 Å². The molecule has 1 unspecified atom stereocenters. The van der Waals surface area contributed by atoms with Gasteiger partial charge in [0.05, 0.1) is 0 Å². The lowest BCUT2D eigenvalue weighted by molar-refractivity contribution is -0.144. The van der Waals surface area contributed by atoms with E-state index in [1.807, 2.05) is 6.92 Å². The Labute approximate surface area is 141 Å². The Morgan fingerprint density at radius 3 is 2.48 bits per heavy atom. The maximum Gasteiger partial charge on any atom is 0.333 e. The number of halogens is 2. The van der Waals surface area contributed by atoms with Crippen LogP contribution in [0.3, 0.4) is 0 Å². The number of aromatic nitrogens is 1. The zero-order chi connectivity index (χ0) is 17.2. The highest BCUT2D eigenvalue weighted by Gasteiger charge is 2.37. The second kappa shape index (κ2) is 6.54. The van der Waals surface area contributed by atoms with E-state index in [1.54, 1.807) is 16.8 Å². The van der Waals surface area contributed by atoms with Gasteiger partial charge in [-0.05, 0) is 53.5 Å². The Morgan fingerprint density at radius 2 is 1.96 bits per heavy atom. The molecular weight excluding hydrogens is 367 g/mol. The number of carboxylic acids is 1. The predicted octanol–water partition coefficient (Wildman–Crippen LogP) is 3.14. The summed E-state index contributed by atoms with van der Waals surface area (Å²) in [7, 11) is 0. The van der Waals surface area contributed by atoms with Crippen LogP contribution in [0.2, 0.25) is 0 Å². The van der Waals surface area contributed by atoms with Crippen molar-refractivity contribution in [3.05, 3.63) is 58.1 Å². The molecule has 0 saturated heterocycles. The van der Waals surface area contributed by atoms with Crippen molar-refractivity contribution in [1.82, 2.24) is 9.88 Å². The molecule has 0 bridgehead atoms. The zero-order valence-electron chi connectivity index (χ0n) is 12.6. The summed E-state index contributed by atoms with van der Waals surface area (Å²) in [5.74, 6) is -2.23. The molecule has 1 aromatic heterocycles. The third kappa shape index (κ3) is 3.44. The average Bonchev–Trinajstić information content (AvgIpc) is 2.88. The summed E-state index contributed by atoms with van der Waals surface area (Å²) in [6, 6.07) is 6.63. The molecule has 5 nitrogen and oxygen atoms in total. The number of nitrogens with one attached hydrogen (secondary N) is 1. The van der Waals surface area contributed by atoms with Gasteiger partial charge in [0.25, 0.3) is 5.91 Å². The third-order valence-electron chi connectivity index (χ3n) is 3.65. The van der Waals surface area contributed by atoms with Crippen molar-refractivity contribution in [2.75, 3.05) is 0 Å². The van der Waals surface area contributed by atoms with Gasteiger partial charge in [0.2, 0.25) is 0 Å². The molecule has 0 spiro atoms. The summed E-state index contributed by atoms with van der Waals surface area (Å²) in [5, 5.41) is 12.1. The molecular formula is C16H16BrFN2O3. The predicted molar refractivity (Wildman–Crippen MR) is 86.7 cm³/mol. The second-order valence-corrected chi connectivity index (χ2v) is 6.14. The number of hydrogen-bond acceptors (Lipinski definition) is 2. The summed E-state index contributed by atoms with van der Waals surface area (Å²) in [5.41, 5.74) is -1.04. The third-order valence-corrected chi connectivity index (χ3v) is 4.08. The molecule has 2 rings (SSSR count). The lowest BCUT2D eigenvalue weighted by atomic mass is 9.92. The summed E-state index contributed by atoms with van der Waals surface area (Å²) < 4.78 is 15.5. The highest BCUT2D eigenvalue weighted by atomic mass is 79.9. The first-order valence-corrected chi connectivity index (χ1v) is 7.75. The van der Waals surface area contributed by atoms with Crippen LogP contribution in [0, 0.1) is 5.82 Å². The summed E-state index contributed by atoms with van der Waals surface area (Å²) in [6.07, 6.45) is 1.74. The maximum atomic E-state index is 13.1. The smallest absolute Gasteiger partial charge is 0.333 e. The van der Waals surface area contributed by atoms with Crippen molar-refractivity contribution >= 4 is 27.8 Å². The minimum atomic E-state index is -1.67. The number of carbonyl (C=O) groups is 2. The Morgan fingerprint density at radius 1 is 1.35 bits per heavy atom. The van der Waals surface area contributed by atoms with Gasteiger partial charge in [-0.3, -0.25) is 4.79 Å². The molecule has 1 heterocycles. The number of carbonyl (C=O) groups excluding carboxylic acids is 1. The number of rotatable bonds is 5. The van der Waals surface area contributed by atoms with Crippen LogP contribution >= 0.6 is 15.9 Å². The van der Waals surface area contributed by atoms with E-state index >= 15 is 0 Å². The van der Waals surface area contributed by atoms with E-state index in [9.17, 15) is 19.1 Å². The topological polar surface area (TPSA) is 71.3 Å². The van der Waals surface area contributed by atoms with Gasteiger partial charge in [-0.1, -0.05) is 12.1 Å². The van der Waals surface area contributed by atoms with E-state index in [2.05, 4.69) is 21.2 Å². The number of aryl methyl sites for hydroxylation is 1. The quantitative estimate of drug-likeness (QED) is 0.834. The Bertz CT molecular complexity index is 742. The zero-order valence-corrected chi connectivity index (χ0v) is 14.2. The molecule has 0 fully saturated rings. The highest BCUT2D eigenvalue weighted by Crippen LogP contribution is 2.23. The first kappa shape index (κ1) is 17.2. The molecule has 1 atom stereocenters. The van der Waals surface area contributed by atoms with Crippen LogP contribution < -0.4 is 5.32 Å². The maximum absolute atomic E-state index is 13.1. The Balaban J connectivity index is 2.37. The van der Waals surface area contributed by atoms with Gasteiger partial charge in [-0.25, -0.2) is 9.18 Å². The largest absolute Gasteiger partial charge is 0.479 e. The molecule has 0 aliphatic heterocycles. The number of aliphatic carboxylic acids is 1. The normalized spacial score (nSPS) is 13.4. The standard InChI is InChI=1S/C16H16BrFN2O3/c1-3-20-9-11(17)8-13(20)14(21)19-16(2,15(22)23)10-4-6-12(18)7-5-10/h4-9H,3H2,1-2H3,(H,19,21)(H,22,23). The van der Waals surface area contributed by atoms with E-state index in [0.29, 0.717) is 12.2 Å². The molecule has 0 aliphatic rings. The van der Waals surface area contributed by atoms with Crippen molar-refractivity contribution in [1.29, 1.82) is 0 Å². The molecule has 122 valence electrons. The van der Waals surface area contributed by atoms with Crippen molar-refractivity contribution in [2.24, 2.45) is 0 Å². The van der Waals surface area contributed by atoms with Crippen LogP contribution in [-0.4, -0.2) is 21.6 Å². The minimum Gasteiger partial charge on any atom is -0.479 e. The van der Waals surface area contributed by atoms with Crippen LogP contribution in [-0.2, 0) is 16.9 Å². The molecule has 0 radical (unpaired) electrons. The van der Waals surface area contributed by atoms with Crippen molar-refractivity contribution in [3.63, 3.8) is 0 Å². The molecule has 0 aliphatic carbocycles. The molecule has 7 heteroatoms. The number of benzene rings is 1. The van der Waals surface area contributed by atoms with Gasteiger partial charge in [0.15, 0.2) is 5.54 Å². The molecule has 1 amide bonds. The Kier molecular flexibility index (Phi) is 4.89. The van der Waals surface area contributed by atoms with Gasteiger partial charge in [0.1, 0.15) is 11.5 Å². The van der Waals surface area contributed by atoms with E-state index in [-0.39, 0.29) is 5.56 Å². The van der Waals surface area contributed by atoms with Crippen LogP contribution in [0.4, 0.5) is 4.39 Å². The molecule has 1 aromatic carbocycles. The van der Waals surface area contributed by atoms with Gasteiger partial charge in [-0.15, -0.1) is 0 Å². The number of amides is 1. The van der Waals surface area contributed by atoms with Gasteiger partial charge in [0, 0.05) is 17.2 Å². The van der Waals surface area contributed by atoms with E-state index in [0.717, 1.165) is 16.6 Å². The first-order valence-electron chi connectivity index (χ1n) is 6.95. The van der Waals surface area contributed by atoms with Crippen LogP contribution in [0.1, 0.15) is 29.9 Å². The summed E-state index contributed by atoms with van der Waals surface area (Å²) in [6.45, 7) is 3.81. The number of carboxylic acid groups (broad SMARTS) is 1. The van der Waals surface area contributed by atoms with Crippen molar-refractivity contribution in [3.8, 4) is 0 Å². The van der Waals surface area contributed by atoms with Crippen LogP contribution in [0.25, 0.3) is 0 Å². The van der Waals surface area contributed by atoms with E-state index in [4.69, 9.17) is 0 Å². The van der Waals surface area contributed by atoms with Crippen LogP contribution in [0.15, 0.2) is 41.0 Å². The van der Waals surface area contributed by atoms with Crippen LogP contribution in [0.5, 0.6) is 0 Å². The molecule has 23 heavy (non-hydrogen) atoms. The minimum absolute atomic E-state index is 0.286. The first-order chi connectivity index (χ1) is 10.8. The van der Waals surface area contributed by atoms with Crippen molar-refractivity contribution in [2.45, 2.75) is 25.9 Å². The fourth-order valence-corrected chi connectivity index (χ4v) is 2.71. The fraction of sp³-hybridized carbons (Fsp3) is 0.250. The summed E-state index contributed by atoms with van der Waals surface area (Å²) in [4.78, 5) is 24.2. The number of nitrogens with zero attached hydrogens (tertiary/aromatic N) is 1. The second-order valence-electron chi connectivity index (χ2n) is 5.22. The number of hydrogen-bond donors (Lipinski definition) is 2.